The van der Waals surface area contributed by atoms with Gasteiger partial charge in [-0.15, -0.1) is 28.1 Å². The number of halogens is 1. The van der Waals surface area contributed by atoms with Gasteiger partial charge in [0.25, 0.3) is 0 Å². The summed E-state index contributed by atoms with van der Waals surface area (Å²) in [5.41, 5.74) is 1.33. The van der Waals surface area contributed by atoms with E-state index in [0.717, 1.165) is 10.1 Å². The fourth-order valence-corrected chi connectivity index (χ4v) is 4.26. The lowest BCUT2D eigenvalue weighted by Crippen LogP contribution is -2.14. The average Bonchev–Trinajstić information content (AvgIpc) is 3.22. The Morgan fingerprint density at radius 1 is 1.40 bits per heavy atom. The summed E-state index contributed by atoms with van der Waals surface area (Å²) in [6.45, 7) is 3.65. The molecule has 0 bridgehead atoms. The van der Waals surface area contributed by atoms with E-state index >= 15 is 0 Å². The molecule has 0 radical (unpaired) electrons. The highest BCUT2D eigenvalue weighted by atomic mass is 32.2. The van der Waals surface area contributed by atoms with Gasteiger partial charge < -0.3 is 5.32 Å². The summed E-state index contributed by atoms with van der Waals surface area (Å²) in [7, 11) is 0. The van der Waals surface area contributed by atoms with Crippen LogP contribution in [0.4, 0.5) is 9.52 Å². The van der Waals surface area contributed by atoms with Crippen LogP contribution in [0.1, 0.15) is 5.69 Å². The van der Waals surface area contributed by atoms with Crippen LogP contribution in [0.2, 0.25) is 0 Å². The van der Waals surface area contributed by atoms with Gasteiger partial charge in [0.05, 0.1) is 12.1 Å². The second kappa shape index (κ2) is 8.32. The Bertz CT molecular complexity index is 893. The first-order valence-electron chi connectivity index (χ1n) is 7.21. The number of carbonyl (C=O) groups is 1. The van der Waals surface area contributed by atoms with Crippen LogP contribution >= 0.6 is 34.4 Å². The van der Waals surface area contributed by atoms with Crippen molar-refractivity contribution in [3.8, 4) is 10.6 Å². The zero-order valence-corrected chi connectivity index (χ0v) is 15.4. The fraction of sp³-hybridized carbons (Fsp3) is 0.125. The van der Waals surface area contributed by atoms with Gasteiger partial charge in [-0.2, -0.15) is 0 Å². The molecule has 0 saturated carbocycles. The number of nitrogens with one attached hydrogen (secondary N) is 1. The number of hydrogen-bond acceptors (Lipinski definition) is 7. The lowest BCUT2D eigenvalue weighted by molar-refractivity contribution is -0.115. The van der Waals surface area contributed by atoms with E-state index in [1.54, 1.807) is 23.6 Å². The molecule has 1 N–H and O–H groups in total. The van der Waals surface area contributed by atoms with Gasteiger partial charge in [0.1, 0.15) is 10.8 Å². The SMILES string of the molecule is C=CCSc1nnc(NC(=O)Cc2csc(-c3cccc(F)c3)n2)s1. The maximum atomic E-state index is 13.3. The van der Waals surface area contributed by atoms with E-state index in [0.29, 0.717) is 21.4 Å². The molecule has 0 aliphatic carbocycles. The van der Waals surface area contributed by atoms with E-state index in [1.807, 2.05) is 0 Å². The first-order chi connectivity index (χ1) is 12.1. The van der Waals surface area contributed by atoms with E-state index < -0.39 is 0 Å². The van der Waals surface area contributed by atoms with Crippen molar-refractivity contribution >= 4 is 45.5 Å². The molecule has 0 atom stereocenters. The van der Waals surface area contributed by atoms with E-state index in [2.05, 4.69) is 27.1 Å². The van der Waals surface area contributed by atoms with Crippen molar-refractivity contribution in [1.82, 2.24) is 15.2 Å². The summed E-state index contributed by atoms with van der Waals surface area (Å²) in [5, 5.41) is 13.6. The molecular formula is C16H13FN4OS3. The van der Waals surface area contributed by atoms with Gasteiger partial charge in [0.2, 0.25) is 11.0 Å². The Morgan fingerprint density at radius 3 is 3.08 bits per heavy atom. The highest BCUT2D eigenvalue weighted by Crippen LogP contribution is 2.26. The minimum atomic E-state index is -0.312. The highest BCUT2D eigenvalue weighted by molar-refractivity contribution is 8.01. The molecule has 0 spiro atoms. The predicted octanol–water partition coefficient (Wildman–Crippen LogP) is 4.26. The normalized spacial score (nSPS) is 10.6. The fourth-order valence-electron chi connectivity index (χ4n) is 1.92. The molecule has 0 unspecified atom stereocenters. The van der Waals surface area contributed by atoms with Crippen LogP contribution in [-0.2, 0) is 11.2 Å². The summed E-state index contributed by atoms with van der Waals surface area (Å²) < 4.78 is 14.1. The molecule has 1 amide bonds. The molecular weight excluding hydrogens is 379 g/mol. The Labute approximate surface area is 156 Å². The summed E-state index contributed by atoms with van der Waals surface area (Å²) in [6, 6.07) is 6.23. The minimum absolute atomic E-state index is 0.126. The third-order valence-corrected chi connectivity index (χ3v) is 5.85. The van der Waals surface area contributed by atoms with E-state index in [1.165, 1.54) is 46.6 Å². The molecule has 2 aromatic heterocycles. The first-order valence-corrected chi connectivity index (χ1v) is 9.89. The maximum Gasteiger partial charge on any atom is 0.232 e. The van der Waals surface area contributed by atoms with E-state index in [4.69, 9.17) is 0 Å². The molecule has 25 heavy (non-hydrogen) atoms. The standard InChI is InChI=1S/C16H13FN4OS3/c1-2-6-23-16-21-20-15(25-16)19-13(22)8-12-9-24-14(18-12)10-4-3-5-11(17)7-10/h2-5,7,9H,1,6,8H2,(H,19,20,22). The van der Waals surface area contributed by atoms with Crippen LogP contribution in [-0.4, -0.2) is 26.8 Å². The molecule has 3 aromatic rings. The Hall–Kier alpha value is -2.10. The van der Waals surface area contributed by atoms with Crippen molar-refractivity contribution in [2.45, 2.75) is 10.8 Å². The Morgan fingerprint density at radius 2 is 2.28 bits per heavy atom. The third-order valence-electron chi connectivity index (χ3n) is 2.94. The Kier molecular flexibility index (Phi) is 5.90. The van der Waals surface area contributed by atoms with Gasteiger partial charge in [-0.25, -0.2) is 9.37 Å². The quantitative estimate of drug-likeness (QED) is 0.370. The summed E-state index contributed by atoms with van der Waals surface area (Å²) >= 11 is 4.20. The highest BCUT2D eigenvalue weighted by Gasteiger charge is 2.12. The lowest BCUT2D eigenvalue weighted by atomic mass is 10.2. The number of thiazole rings is 1. The van der Waals surface area contributed by atoms with Gasteiger partial charge in [-0.3, -0.25) is 4.79 Å². The number of rotatable bonds is 7. The number of hydrogen-bond donors (Lipinski definition) is 1. The minimum Gasteiger partial charge on any atom is -0.300 e. The molecule has 1 aromatic carbocycles. The second-order valence-electron chi connectivity index (χ2n) is 4.85. The van der Waals surface area contributed by atoms with Crippen molar-refractivity contribution in [1.29, 1.82) is 0 Å². The molecule has 2 heterocycles. The van der Waals surface area contributed by atoms with Gasteiger partial charge in [0.15, 0.2) is 4.34 Å². The molecule has 0 aliphatic heterocycles. The number of amides is 1. The van der Waals surface area contributed by atoms with Crippen LogP contribution < -0.4 is 5.32 Å². The van der Waals surface area contributed by atoms with Crippen molar-refractivity contribution < 1.29 is 9.18 Å². The monoisotopic (exact) mass is 392 g/mol. The Balaban J connectivity index is 1.60. The summed E-state index contributed by atoms with van der Waals surface area (Å²) in [4.78, 5) is 16.5. The van der Waals surface area contributed by atoms with Crippen molar-refractivity contribution in [3.63, 3.8) is 0 Å². The second-order valence-corrected chi connectivity index (χ2v) is 7.95. The number of carbonyl (C=O) groups excluding carboxylic acids is 1. The zero-order valence-electron chi connectivity index (χ0n) is 12.9. The van der Waals surface area contributed by atoms with Gasteiger partial charge in [-0.1, -0.05) is 41.3 Å². The predicted molar refractivity (Wildman–Crippen MR) is 101 cm³/mol. The van der Waals surface area contributed by atoms with Crippen molar-refractivity contribution in [2.75, 3.05) is 11.1 Å². The lowest BCUT2D eigenvalue weighted by Gasteiger charge is -1.98. The molecule has 0 saturated heterocycles. The van der Waals surface area contributed by atoms with Gasteiger partial charge in [-0.05, 0) is 12.1 Å². The number of benzene rings is 1. The number of anilines is 1. The van der Waals surface area contributed by atoms with Gasteiger partial charge in [0, 0.05) is 16.7 Å². The van der Waals surface area contributed by atoms with E-state index in [-0.39, 0.29) is 18.1 Å². The number of aromatic nitrogens is 3. The molecule has 5 nitrogen and oxygen atoms in total. The van der Waals surface area contributed by atoms with Crippen LogP contribution in [0.25, 0.3) is 10.6 Å². The van der Waals surface area contributed by atoms with Crippen LogP contribution in [0.5, 0.6) is 0 Å². The maximum absolute atomic E-state index is 13.3. The first kappa shape index (κ1) is 17.7. The number of thioether (sulfide) groups is 1. The molecule has 0 fully saturated rings. The van der Waals surface area contributed by atoms with E-state index in [9.17, 15) is 9.18 Å². The smallest absolute Gasteiger partial charge is 0.232 e. The van der Waals surface area contributed by atoms with Crippen molar-refractivity contribution in [3.05, 3.63) is 53.8 Å². The number of nitrogens with zero attached hydrogens (tertiary/aromatic N) is 3. The van der Waals surface area contributed by atoms with Crippen LogP contribution in [0.15, 0.2) is 46.6 Å². The molecule has 9 heteroatoms. The zero-order chi connectivity index (χ0) is 17.6. The molecule has 128 valence electrons. The average molecular weight is 393 g/mol. The van der Waals surface area contributed by atoms with Gasteiger partial charge >= 0.3 is 0 Å². The molecule has 0 aliphatic rings. The molecule has 3 rings (SSSR count). The summed E-state index contributed by atoms with van der Waals surface area (Å²) in [6.07, 6.45) is 1.91. The third kappa shape index (κ3) is 4.94. The topological polar surface area (TPSA) is 67.8 Å². The van der Waals surface area contributed by atoms with Crippen molar-refractivity contribution in [2.24, 2.45) is 0 Å². The largest absolute Gasteiger partial charge is 0.300 e. The van der Waals surface area contributed by atoms with Crippen LogP contribution in [0.3, 0.4) is 0 Å². The summed E-state index contributed by atoms with van der Waals surface area (Å²) in [5.74, 6) is 0.213. The van der Waals surface area contributed by atoms with Crippen LogP contribution in [0, 0.1) is 5.82 Å².